The number of piperidine rings is 1. The number of hydrogen-bond donors (Lipinski definition) is 1. The maximum atomic E-state index is 5.17. The molecular weight excluding hydrogens is 188 g/mol. The second-order valence-electron chi connectivity index (χ2n) is 4.15. The molecule has 82 valence electrons. The van der Waals surface area contributed by atoms with Crippen LogP contribution in [0, 0.1) is 5.92 Å². The summed E-state index contributed by atoms with van der Waals surface area (Å²) in [5, 5.41) is 3.43. The van der Waals surface area contributed by atoms with E-state index < -0.39 is 0 Å². The third kappa shape index (κ3) is 2.93. The van der Waals surface area contributed by atoms with Gasteiger partial charge in [-0.05, 0) is 49.9 Å². The van der Waals surface area contributed by atoms with E-state index in [0.29, 0.717) is 0 Å². The number of nitrogens with zero attached hydrogens (tertiary/aromatic N) is 1. The smallest absolute Gasteiger partial charge is 0.137 e. The molecule has 1 aliphatic rings. The van der Waals surface area contributed by atoms with Crippen molar-refractivity contribution in [3.05, 3.63) is 24.0 Å². The Morgan fingerprint density at radius 1 is 1.53 bits per heavy atom. The van der Waals surface area contributed by atoms with Gasteiger partial charge in [0.2, 0.25) is 0 Å². The average Bonchev–Trinajstić information content (AvgIpc) is 2.31. The monoisotopic (exact) mass is 206 g/mol. The quantitative estimate of drug-likeness (QED) is 0.816. The zero-order chi connectivity index (χ0) is 10.5. The van der Waals surface area contributed by atoms with Crippen molar-refractivity contribution in [3.63, 3.8) is 0 Å². The number of ether oxygens (including phenoxy) is 1. The molecule has 1 atom stereocenters. The molecule has 2 heterocycles. The SMILES string of the molecule is COc1cncc(CC2CCCNC2)c1. The van der Waals surface area contributed by atoms with Crippen molar-refractivity contribution in [2.24, 2.45) is 5.92 Å². The molecular formula is C12H18N2O. The first-order valence-electron chi connectivity index (χ1n) is 5.57. The van der Waals surface area contributed by atoms with E-state index in [4.69, 9.17) is 4.74 Å². The Morgan fingerprint density at radius 3 is 3.20 bits per heavy atom. The van der Waals surface area contributed by atoms with Gasteiger partial charge in [0, 0.05) is 6.20 Å². The van der Waals surface area contributed by atoms with E-state index >= 15 is 0 Å². The molecule has 0 bridgehead atoms. The molecule has 1 aromatic heterocycles. The van der Waals surface area contributed by atoms with Crippen LogP contribution in [0.15, 0.2) is 18.5 Å². The molecule has 1 fully saturated rings. The summed E-state index contributed by atoms with van der Waals surface area (Å²) in [5.74, 6) is 1.61. The Bertz CT molecular complexity index is 308. The zero-order valence-electron chi connectivity index (χ0n) is 9.20. The predicted molar refractivity (Wildman–Crippen MR) is 60.1 cm³/mol. The lowest BCUT2D eigenvalue weighted by molar-refractivity contribution is 0.374. The van der Waals surface area contributed by atoms with E-state index in [1.54, 1.807) is 13.3 Å². The first-order chi connectivity index (χ1) is 7.38. The van der Waals surface area contributed by atoms with Crippen LogP contribution in [0.1, 0.15) is 18.4 Å². The summed E-state index contributed by atoms with van der Waals surface area (Å²) in [6, 6.07) is 2.08. The van der Waals surface area contributed by atoms with E-state index in [9.17, 15) is 0 Å². The van der Waals surface area contributed by atoms with Gasteiger partial charge in [0.25, 0.3) is 0 Å². The van der Waals surface area contributed by atoms with E-state index in [2.05, 4.69) is 16.4 Å². The van der Waals surface area contributed by atoms with Crippen LogP contribution in [-0.4, -0.2) is 25.2 Å². The minimum atomic E-state index is 0.757. The molecule has 15 heavy (non-hydrogen) atoms. The maximum absolute atomic E-state index is 5.17. The Balaban J connectivity index is 1.96. The van der Waals surface area contributed by atoms with Gasteiger partial charge < -0.3 is 10.1 Å². The molecule has 1 unspecified atom stereocenters. The third-order valence-corrected chi connectivity index (χ3v) is 2.93. The predicted octanol–water partition coefficient (Wildman–Crippen LogP) is 1.63. The van der Waals surface area contributed by atoms with Crippen LogP contribution in [0.3, 0.4) is 0 Å². The molecule has 0 amide bonds. The van der Waals surface area contributed by atoms with Crippen molar-refractivity contribution >= 4 is 0 Å². The first-order valence-corrected chi connectivity index (χ1v) is 5.57. The molecule has 3 nitrogen and oxygen atoms in total. The van der Waals surface area contributed by atoms with Gasteiger partial charge >= 0.3 is 0 Å². The summed E-state index contributed by atoms with van der Waals surface area (Å²) in [6.45, 7) is 2.31. The Morgan fingerprint density at radius 2 is 2.47 bits per heavy atom. The third-order valence-electron chi connectivity index (χ3n) is 2.93. The van der Waals surface area contributed by atoms with Crippen LogP contribution in [0.5, 0.6) is 5.75 Å². The van der Waals surface area contributed by atoms with Crippen LogP contribution in [0.25, 0.3) is 0 Å². The summed E-state index contributed by atoms with van der Waals surface area (Å²) in [6.07, 6.45) is 7.42. The molecule has 1 saturated heterocycles. The lowest BCUT2D eigenvalue weighted by atomic mass is 9.93. The molecule has 0 aromatic carbocycles. The van der Waals surface area contributed by atoms with Gasteiger partial charge in [0.05, 0.1) is 13.3 Å². The fourth-order valence-electron chi connectivity index (χ4n) is 2.12. The van der Waals surface area contributed by atoms with Gasteiger partial charge in [-0.15, -0.1) is 0 Å². The Kier molecular flexibility index (Phi) is 3.56. The highest BCUT2D eigenvalue weighted by Crippen LogP contribution is 2.18. The van der Waals surface area contributed by atoms with Crippen LogP contribution in [0.2, 0.25) is 0 Å². The topological polar surface area (TPSA) is 34.1 Å². The van der Waals surface area contributed by atoms with Crippen LogP contribution >= 0.6 is 0 Å². The molecule has 2 rings (SSSR count). The zero-order valence-corrected chi connectivity index (χ0v) is 9.20. The van der Waals surface area contributed by atoms with Gasteiger partial charge in [-0.3, -0.25) is 4.98 Å². The average molecular weight is 206 g/mol. The Hall–Kier alpha value is -1.09. The van der Waals surface area contributed by atoms with Crippen LogP contribution in [0.4, 0.5) is 0 Å². The van der Waals surface area contributed by atoms with Crippen LogP contribution in [-0.2, 0) is 6.42 Å². The maximum Gasteiger partial charge on any atom is 0.137 e. The van der Waals surface area contributed by atoms with Gasteiger partial charge in [-0.1, -0.05) is 0 Å². The normalized spacial score (nSPS) is 21.3. The largest absolute Gasteiger partial charge is 0.495 e. The molecule has 1 aliphatic heterocycles. The van der Waals surface area contributed by atoms with Crippen molar-refractivity contribution in [3.8, 4) is 5.75 Å². The number of methoxy groups -OCH3 is 1. The number of nitrogens with one attached hydrogen (secondary N) is 1. The van der Waals surface area contributed by atoms with Gasteiger partial charge in [-0.2, -0.15) is 0 Å². The summed E-state index contributed by atoms with van der Waals surface area (Å²) in [7, 11) is 1.68. The van der Waals surface area contributed by atoms with Crippen molar-refractivity contribution in [1.29, 1.82) is 0 Å². The molecule has 1 aromatic rings. The van der Waals surface area contributed by atoms with Gasteiger partial charge in [0.1, 0.15) is 5.75 Å². The van der Waals surface area contributed by atoms with Gasteiger partial charge in [-0.25, -0.2) is 0 Å². The van der Waals surface area contributed by atoms with Crippen molar-refractivity contribution in [2.75, 3.05) is 20.2 Å². The van der Waals surface area contributed by atoms with Gasteiger partial charge in [0.15, 0.2) is 0 Å². The summed E-state index contributed by atoms with van der Waals surface area (Å²) < 4.78 is 5.17. The summed E-state index contributed by atoms with van der Waals surface area (Å²) >= 11 is 0. The lowest BCUT2D eigenvalue weighted by Gasteiger charge is -2.22. The summed E-state index contributed by atoms with van der Waals surface area (Å²) in [5.41, 5.74) is 1.28. The molecule has 0 saturated carbocycles. The molecule has 0 spiro atoms. The number of pyridine rings is 1. The minimum Gasteiger partial charge on any atom is -0.495 e. The Labute approximate surface area is 90.9 Å². The van der Waals surface area contributed by atoms with E-state index in [-0.39, 0.29) is 0 Å². The molecule has 1 N–H and O–H groups in total. The fraction of sp³-hybridized carbons (Fsp3) is 0.583. The summed E-state index contributed by atoms with van der Waals surface area (Å²) in [4.78, 5) is 4.18. The highest BCUT2D eigenvalue weighted by Gasteiger charge is 2.13. The first kappa shape index (κ1) is 10.4. The van der Waals surface area contributed by atoms with E-state index in [1.807, 2.05) is 6.20 Å². The lowest BCUT2D eigenvalue weighted by Crippen LogP contribution is -2.30. The van der Waals surface area contributed by atoms with E-state index in [0.717, 1.165) is 24.6 Å². The number of hydrogen-bond acceptors (Lipinski definition) is 3. The molecule has 0 radical (unpaired) electrons. The second-order valence-corrected chi connectivity index (χ2v) is 4.15. The van der Waals surface area contributed by atoms with Crippen LogP contribution < -0.4 is 10.1 Å². The standard InChI is InChI=1S/C12H18N2O/c1-15-12-6-11(8-14-9-12)5-10-3-2-4-13-7-10/h6,8-10,13H,2-5,7H2,1H3. The highest BCUT2D eigenvalue weighted by molar-refractivity contribution is 5.23. The minimum absolute atomic E-state index is 0.757. The van der Waals surface area contributed by atoms with Crippen molar-refractivity contribution in [2.45, 2.75) is 19.3 Å². The number of rotatable bonds is 3. The molecule has 0 aliphatic carbocycles. The van der Waals surface area contributed by atoms with Crippen molar-refractivity contribution < 1.29 is 4.74 Å². The van der Waals surface area contributed by atoms with Crippen molar-refractivity contribution in [1.82, 2.24) is 10.3 Å². The fourth-order valence-corrected chi connectivity index (χ4v) is 2.12. The second kappa shape index (κ2) is 5.12. The highest BCUT2D eigenvalue weighted by atomic mass is 16.5. The molecule has 3 heteroatoms. The van der Waals surface area contributed by atoms with E-state index in [1.165, 1.54) is 24.9 Å². The number of aromatic nitrogens is 1.